The molecule has 13 heavy (non-hydrogen) atoms. The molecule has 0 saturated carbocycles. The maximum atomic E-state index is 8.66. The molecule has 82 valence electrons. The number of aliphatic hydroxyl groups is 2. The molecule has 0 fully saturated rings. The molecule has 0 spiro atoms. The van der Waals surface area contributed by atoms with Crippen LogP contribution >= 0.6 is 0 Å². The topological polar surface area (TPSA) is 52.9 Å². The molecule has 4 heteroatoms. The van der Waals surface area contributed by atoms with Crippen LogP contribution in [0.4, 0.5) is 0 Å². The van der Waals surface area contributed by atoms with Crippen LogP contribution in [0.2, 0.25) is 0 Å². The van der Waals surface area contributed by atoms with Crippen molar-refractivity contribution in [2.45, 2.75) is 26.1 Å². The van der Waals surface area contributed by atoms with Gasteiger partial charge in [-0.1, -0.05) is 0 Å². The Bertz CT molecular complexity index is 84.1. The van der Waals surface area contributed by atoms with Crippen molar-refractivity contribution in [3.63, 3.8) is 0 Å². The fourth-order valence-electron chi connectivity index (χ4n) is 0.409. The van der Waals surface area contributed by atoms with Gasteiger partial charge in [0.15, 0.2) is 0 Å². The lowest BCUT2D eigenvalue weighted by Crippen LogP contribution is -2.16. The number of aliphatic hydroxyl groups excluding tert-OH is 2. The Labute approximate surface area is 81.1 Å². The molecule has 0 aliphatic carbocycles. The molecule has 0 aliphatic rings. The molecule has 0 rings (SSSR count). The predicted molar refractivity (Wildman–Crippen MR) is 53.8 cm³/mol. The van der Waals surface area contributed by atoms with Crippen molar-refractivity contribution in [3.8, 4) is 0 Å². The fourth-order valence-corrected chi connectivity index (χ4v) is 0.409. The summed E-state index contributed by atoms with van der Waals surface area (Å²) in [6.07, 6.45) is -0.882. The van der Waals surface area contributed by atoms with Crippen LogP contribution in [0.5, 0.6) is 0 Å². The molecule has 2 atom stereocenters. The smallest absolute Gasteiger partial charge is 0.0745 e. The van der Waals surface area contributed by atoms with Gasteiger partial charge in [0.1, 0.15) is 0 Å². The van der Waals surface area contributed by atoms with Crippen LogP contribution in [-0.2, 0) is 4.74 Å². The standard InChI is InChI=1S/C6H14O3.C3H9N/c1-5(7)3-9-4-6(2)8;1-4(2)3/h5-8H,3-4H2,1-2H3;1-3H3. The van der Waals surface area contributed by atoms with Gasteiger partial charge in [-0.15, -0.1) is 0 Å². The summed E-state index contributed by atoms with van der Waals surface area (Å²) in [5.41, 5.74) is 0. The van der Waals surface area contributed by atoms with Crippen LogP contribution < -0.4 is 0 Å². The maximum Gasteiger partial charge on any atom is 0.0745 e. The fraction of sp³-hybridized carbons (Fsp3) is 1.00. The molecule has 4 nitrogen and oxygen atoms in total. The first-order chi connectivity index (χ1) is 5.86. The van der Waals surface area contributed by atoms with Gasteiger partial charge in [-0.2, -0.15) is 0 Å². The molecule has 0 amide bonds. The molecule has 0 bridgehead atoms. The molecule has 2 unspecified atom stereocenters. The van der Waals surface area contributed by atoms with Crippen molar-refractivity contribution in [1.29, 1.82) is 0 Å². The van der Waals surface area contributed by atoms with Gasteiger partial charge in [-0.3, -0.25) is 0 Å². The number of hydrogen-bond acceptors (Lipinski definition) is 4. The van der Waals surface area contributed by atoms with Gasteiger partial charge in [-0.05, 0) is 35.0 Å². The highest BCUT2D eigenvalue weighted by Crippen LogP contribution is 1.85. The van der Waals surface area contributed by atoms with Gasteiger partial charge in [-0.25, -0.2) is 0 Å². The second-order valence-electron chi connectivity index (χ2n) is 3.58. The molecule has 0 heterocycles. The van der Waals surface area contributed by atoms with Crippen LogP contribution in [0.1, 0.15) is 13.8 Å². The average molecular weight is 193 g/mol. The van der Waals surface area contributed by atoms with E-state index in [0.717, 1.165) is 0 Å². The summed E-state index contributed by atoms with van der Waals surface area (Å²) in [5, 5.41) is 17.3. The lowest BCUT2D eigenvalue weighted by Gasteiger charge is -2.06. The lowest BCUT2D eigenvalue weighted by atomic mass is 10.4. The molecule has 0 saturated heterocycles. The van der Waals surface area contributed by atoms with Gasteiger partial charge in [0, 0.05) is 0 Å². The van der Waals surface area contributed by atoms with Crippen LogP contribution in [0.15, 0.2) is 0 Å². The van der Waals surface area contributed by atoms with E-state index in [9.17, 15) is 0 Å². The van der Waals surface area contributed by atoms with E-state index in [2.05, 4.69) is 0 Å². The van der Waals surface area contributed by atoms with Crippen molar-refractivity contribution < 1.29 is 14.9 Å². The summed E-state index contributed by atoms with van der Waals surface area (Å²) in [6.45, 7) is 3.87. The van der Waals surface area contributed by atoms with Gasteiger partial charge in [0.2, 0.25) is 0 Å². The average Bonchev–Trinajstić information content (AvgIpc) is 1.83. The van der Waals surface area contributed by atoms with Crippen molar-refractivity contribution in [3.05, 3.63) is 0 Å². The number of nitrogens with zero attached hydrogens (tertiary/aromatic N) is 1. The Morgan fingerprint density at radius 3 is 1.38 bits per heavy atom. The number of hydrogen-bond donors (Lipinski definition) is 2. The number of rotatable bonds is 4. The minimum Gasteiger partial charge on any atom is -0.391 e. The molecule has 2 N–H and O–H groups in total. The van der Waals surface area contributed by atoms with E-state index < -0.39 is 12.2 Å². The first-order valence-electron chi connectivity index (χ1n) is 4.41. The zero-order valence-corrected chi connectivity index (χ0v) is 9.32. The second-order valence-corrected chi connectivity index (χ2v) is 3.58. The predicted octanol–water partition coefficient (Wildman–Crippen LogP) is -0.0576. The molecule has 0 aromatic heterocycles. The minimum atomic E-state index is -0.441. The van der Waals surface area contributed by atoms with Crippen LogP contribution in [0.3, 0.4) is 0 Å². The summed E-state index contributed by atoms with van der Waals surface area (Å²) in [6, 6.07) is 0. The minimum absolute atomic E-state index is 0.297. The summed E-state index contributed by atoms with van der Waals surface area (Å²) in [5.74, 6) is 0. The molecular formula is C9H23NO3. The molecule has 0 aromatic rings. The molecular weight excluding hydrogens is 170 g/mol. The van der Waals surface area contributed by atoms with Gasteiger partial charge in [0.25, 0.3) is 0 Å². The second kappa shape index (κ2) is 9.92. The SMILES string of the molecule is CC(O)COCC(C)O.CN(C)C. The molecule has 0 aliphatic heterocycles. The van der Waals surface area contributed by atoms with Crippen LogP contribution in [0.25, 0.3) is 0 Å². The Hall–Kier alpha value is -0.160. The highest BCUT2D eigenvalue weighted by atomic mass is 16.5. The highest BCUT2D eigenvalue weighted by Gasteiger charge is 1.97. The maximum absolute atomic E-state index is 8.66. The first kappa shape index (κ1) is 15.3. The quantitative estimate of drug-likeness (QED) is 0.657. The Morgan fingerprint density at radius 1 is 1.00 bits per heavy atom. The van der Waals surface area contributed by atoms with E-state index in [1.807, 2.05) is 26.0 Å². The van der Waals surface area contributed by atoms with E-state index >= 15 is 0 Å². The summed E-state index contributed by atoms with van der Waals surface area (Å²) in [7, 11) is 6.00. The van der Waals surface area contributed by atoms with Gasteiger partial charge < -0.3 is 19.8 Å². The van der Waals surface area contributed by atoms with Crippen molar-refractivity contribution in [2.75, 3.05) is 34.4 Å². The highest BCUT2D eigenvalue weighted by molar-refractivity contribution is 4.45. The van der Waals surface area contributed by atoms with Gasteiger partial charge in [0.05, 0.1) is 25.4 Å². The van der Waals surface area contributed by atoms with E-state index in [4.69, 9.17) is 14.9 Å². The zero-order valence-electron chi connectivity index (χ0n) is 9.32. The largest absolute Gasteiger partial charge is 0.391 e. The first-order valence-corrected chi connectivity index (χ1v) is 4.41. The van der Waals surface area contributed by atoms with Crippen LogP contribution in [-0.4, -0.2) is 61.7 Å². The summed E-state index contributed by atoms with van der Waals surface area (Å²) >= 11 is 0. The van der Waals surface area contributed by atoms with Crippen molar-refractivity contribution in [1.82, 2.24) is 4.90 Å². The third-order valence-electron chi connectivity index (χ3n) is 0.718. The molecule has 0 aromatic carbocycles. The third-order valence-corrected chi connectivity index (χ3v) is 0.718. The van der Waals surface area contributed by atoms with Crippen molar-refractivity contribution in [2.24, 2.45) is 0 Å². The van der Waals surface area contributed by atoms with E-state index in [0.29, 0.717) is 13.2 Å². The van der Waals surface area contributed by atoms with Crippen LogP contribution in [0, 0.1) is 0 Å². The van der Waals surface area contributed by atoms with E-state index in [1.54, 1.807) is 13.8 Å². The monoisotopic (exact) mass is 193 g/mol. The Kier molecular flexibility index (Phi) is 11.7. The van der Waals surface area contributed by atoms with E-state index in [-0.39, 0.29) is 0 Å². The Morgan fingerprint density at radius 2 is 1.23 bits per heavy atom. The lowest BCUT2D eigenvalue weighted by molar-refractivity contribution is 0.00392. The number of ether oxygens (including phenoxy) is 1. The van der Waals surface area contributed by atoms with E-state index in [1.165, 1.54) is 0 Å². The zero-order chi connectivity index (χ0) is 10.9. The summed E-state index contributed by atoms with van der Waals surface area (Å²) in [4.78, 5) is 2.00. The van der Waals surface area contributed by atoms with Crippen molar-refractivity contribution >= 4 is 0 Å². The Balaban J connectivity index is 0. The molecule has 0 radical (unpaired) electrons. The summed E-state index contributed by atoms with van der Waals surface area (Å²) < 4.78 is 4.86. The normalized spacial score (nSPS) is 14.8. The van der Waals surface area contributed by atoms with Gasteiger partial charge >= 0.3 is 0 Å². The third kappa shape index (κ3) is 33.6.